The van der Waals surface area contributed by atoms with Gasteiger partial charge in [-0.15, -0.1) is 0 Å². The van der Waals surface area contributed by atoms with E-state index in [1.165, 1.54) is 21.3 Å². The second-order valence-electron chi connectivity index (χ2n) is 4.93. The fourth-order valence-corrected chi connectivity index (χ4v) is 2.57. The van der Waals surface area contributed by atoms with Crippen LogP contribution in [0.1, 0.15) is 10.5 Å². The molecule has 0 aliphatic heterocycles. The average Bonchev–Trinajstić information content (AvgIpc) is 2.86. The molecule has 2 aromatic heterocycles. The third kappa shape index (κ3) is 2.46. The first kappa shape index (κ1) is 14.8. The van der Waals surface area contributed by atoms with Gasteiger partial charge in [0.05, 0.1) is 5.69 Å². The molecule has 1 aromatic carbocycles. The van der Waals surface area contributed by atoms with Crippen molar-refractivity contribution in [1.82, 2.24) is 9.13 Å². The Morgan fingerprint density at radius 3 is 2.52 bits per heavy atom. The summed E-state index contributed by atoms with van der Waals surface area (Å²) in [5.41, 5.74) is 0.783. The molecule has 2 heterocycles. The third-order valence-corrected chi connectivity index (χ3v) is 3.60. The van der Waals surface area contributed by atoms with Crippen molar-refractivity contribution < 1.29 is 19.0 Å². The van der Waals surface area contributed by atoms with E-state index in [1.807, 2.05) is 0 Å². The summed E-state index contributed by atoms with van der Waals surface area (Å²) in [5, 5.41) is 9.87. The molecule has 0 aliphatic carbocycles. The summed E-state index contributed by atoms with van der Waals surface area (Å²) in [7, 11) is 1.59. The van der Waals surface area contributed by atoms with Gasteiger partial charge in [-0.25, -0.2) is 9.18 Å². The second kappa shape index (κ2) is 5.60. The van der Waals surface area contributed by atoms with Crippen LogP contribution in [0.15, 0.2) is 47.3 Å². The number of benzene rings is 1. The molecule has 23 heavy (non-hydrogen) atoms. The number of aryl methyl sites for hydroxylation is 1. The number of aromatic carboxylic acids is 1. The molecule has 0 saturated heterocycles. The number of hydrogen-bond acceptors (Lipinski definition) is 3. The molecular formula is C16H13FN2O4. The fraction of sp³-hybridized carbons (Fsp3) is 0.125. The number of hydrogen-bond donors (Lipinski definition) is 1. The minimum atomic E-state index is -1.07. The van der Waals surface area contributed by atoms with Crippen molar-refractivity contribution in [2.24, 2.45) is 7.05 Å². The lowest BCUT2D eigenvalue weighted by Crippen LogP contribution is -2.19. The Bertz CT molecular complexity index is 941. The van der Waals surface area contributed by atoms with E-state index in [4.69, 9.17) is 4.74 Å². The molecule has 6 nitrogen and oxygen atoms in total. The number of nitrogens with zero attached hydrogens (tertiary/aromatic N) is 2. The van der Waals surface area contributed by atoms with E-state index in [0.717, 1.165) is 0 Å². The highest BCUT2D eigenvalue weighted by atomic mass is 19.1. The van der Waals surface area contributed by atoms with Gasteiger partial charge in [0.25, 0.3) is 5.56 Å². The lowest BCUT2D eigenvalue weighted by molar-refractivity contribution is 0.0687. The van der Waals surface area contributed by atoms with Crippen LogP contribution in [0.2, 0.25) is 0 Å². The Labute approximate surface area is 130 Å². The average molecular weight is 316 g/mol. The molecule has 118 valence electrons. The molecule has 0 spiro atoms. The molecular weight excluding hydrogens is 303 g/mol. The van der Waals surface area contributed by atoms with E-state index >= 15 is 0 Å². The van der Waals surface area contributed by atoms with Crippen LogP contribution in [-0.4, -0.2) is 27.1 Å². The molecule has 3 rings (SSSR count). The molecule has 0 bridgehead atoms. The highest BCUT2D eigenvalue weighted by Crippen LogP contribution is 2.22. The Morgan fingerprint density at radius 1 is 1.22 bits per heavy atom. The largest absolute Gasteiger partial charge is 0.477 e. The Balaban J connectivity index is 2.25. The number of carboxylic acids is 1. The van der Waals surface area contributed by atoms with Crippen molar-refractivity contribution in [3.05, 3.63) is 58.5 Å². The number of aromatic nitrogens is 2. The molecule has 0 aliphatic rings. The van der Waals surface area contributed by atoms with Crippen LogP contribution in [0.5, 0.6) is 5.75 Å². The number of ether oxygens (including phenoxy) is 1. The first-order chi connectivity index (χ1) is 11.0. The molecule has 1 N–H and O–H groups in total. The quantitative estimate of drug-likeness (QED) is 0.802. The summed E-state index contributed by atoms with van der Waals surface area (Å²) in [6.07, 6.45) is 0. The summed E-state index contributed by atoms with van der Waals surface area (Å²) in [6, 6.07) is 10.8. The van der Waals surface area contributed by atoms with Gasteiger partial charge in [0, 0.05) is 18.5 Å². The molecule has 0 radical (unpaired) electrons. The van der Waals surface area contributed by atoms with Crippen molar-refractivity contribution in [1.29, 1.82) is 0 Å². The van der Waals surface area contributed by atoms with E-state index in [9.17, 15) is 19.1 Å². The van der Waals surface area contributed by atoms with Gasteiger partial charge in [0.15, 0.2) is 0 Å². The zero-order valence-electron chi connectivity index (χ0n) is 12.2. The fourth-order valence-electron chi connectivity index (χ4n) is 2.57. The van der Waals surface area contributed by atoms with Gasteiger partial charge in [0.1, 0.15) is 17.1 Å². The predicted octanol–water partition coefficient (Wildman–Crippen LogP) is 2.33. The zero-order valence-corrected chi connectivity index (χ0v) is 12.2. The van der Waals surface area contributed by atoms with E-state index < -0.39 is 12.8 Å². The summed E-state index contributed by atoms with van der Waals surface area (Å²) < 4.78 is 19.8. The highest BCUT2D eigenvalue weighted by molar-refractivity contribution is 5.93. The maximum atomic E-state index is 12.3. The van der Waals surface area contributed by atoms with Crippen LogP contribution >= 0.6 is 0 Å². The number of fused-ring (bicyclic) bond motifs is 1. The summed E-state index contributed by atoms with van der Waals surface area (Å²) in [4.78, 5) is 23.6. The zero-order chi connectivity index (χ0) is 16.6. The van der Waals surface area contributed by atoms with Crippen LogP contribution in [0, 0.1) is 0 Å². The van der Waals surface area contributed by atoms with Crippen LogP contribution in [0.25, 0.3) is 16.7 Å². The number of carbonyl (C=O) groups is 1. The summed E-state index contributed by atoms with van der Waals surface area (Å²) >= 11 is 0. The van der Waals surface area contributed by atoms with E-state index in [-0.39, 0.29) is 11.3 Å². The van der Waals surface area contributed by atoms with Crippen LogP contribution in [0.3, 0.4) is 0 Å². The molecule has 7 heteroatoms. The van der Waals surface area contributed by atoms with E-state index in [2.05, 4.69) is 0 Å². The minimum Gasteiger partial charge on any atom is -0.477 e. The van der Waals surface area contributed by atoms with Gasteiger partial charge in [-0.05, 0) is 36.4 Å². The van der Waals surface area contributed by atoms with Gasteiger partial charge in [-0.1, -0.05) is 0 Å². The molecule has 0 unspecified atom stereocenters. The Kier molecular flexibility index (Phi) is 3.61. The lowest BCUT2D eigenvalue weighted by Gasteiger charge is -2.11. The summed E-state index contributed by atoms with van der Waals surface area (Å²) in [6.45, 7) is -0.936. The third-order valence-electron chi connectivity index (χ3n) is 3.60. The Morgan fingerprint density at radius 2 is 1.91 bits per heavy atom. The van der Waals surface area contributed by atoms with Crippen molar-refractivity contribution >= 4 is 17.0 Å². The van der Waals surface area contributed by atoms with Crippen molar-refractivity contribution in [2.45, 2.75) is 0 Å². The van der Waals surface area contributed by atoms with E-state index in [0.29, 0.717) is 22.5 Å². The van der Waals surface area contributed by atoms with Crippen molar-refractivity contribution in [3.8, 4) is 11.4 Å². The highest BCUT2D eigenvalue weighted by Gasteiger charge is 2.16. The number of halogens is 1. The number of alkyl halides is 1. The van der Waals surface area contributed by atoms with Crippen molar-refractivity contribution in [2.75, 3.05) is 6.86 Å². The molecule has 0 saturated carbocycles. The molecule has 3 aromatic rings. The SMILES string of the molecule is Cn1c(C(=O)O)cc2ccc(=O)n(-c3ccc(OCF)cc3)c21. The smallest absolute Gasteiger partial charge is 0.352 e. The van der Waals surface area contributed by atoms with Crippen LogP contribution in [0.4, 0.5) is 4.39 Å². The number of carboxylic acid groups (broad SMARTS) is 1. The normalized spacial score (nSPS) is 10.9. The van der Waals surface area contributed by atoms with Gasteiger partial charge < -0.3 is 14.4 Å². The van der Waals surface area contributed by atoms with Gasteiger partial charge >= 0.3 is 5.97 Å². The first-order valence-electron chi connectivity index (χ1n) is 6.77. The molecule has 0 fully saturated rings. The van der Waals surface area contributed by atoms with Gasteiger partial charge in [-0.2, -0.15) is 0 Å². The van der Waals surface area contributed by atoms with Gasteiger partial charge in [-0.3, -0.25) is 9.36 Å². The Hall–Kier alpha value is -3.09. The van der Waals surface area contributed by atoms with Crippen molar-refractivity contribution in [3.63, 3.8) is 0 Å². The lowest BCUT2D eigenvalue weighted by atomic mass is 10.2. The summed E-state index contributed by atoms with van der Waals surface area (Å²) in [5.74, 6) is -0.732. The monoisotopic (exact) mass is 316 g/mol. The first-order valence-corrected chi connectivity index (χ1v) is 6.77. The molecule has 0 amide bonds. The van der Waals surface area contributed by atoms with E-state index in [1.54, 1.807) is 37.4 Å². The number of rotatable bonds is 4. The number of pyridine rings is 1. The predicted molar refractivity (Wildman–Crippen MR) is 82.1 cm³/mol. The van der Waals surface area contributed by atoms with Crippen LogP contribution in [-0.2, 0) is 7.05 Å². The van der Waals surface area contributed by atoms with Gasteiger partial charge in [0.2, 0.25) is 6.86 Å². The second-order valence-corrected chi connectivity index (χ2v) is 4.93. The standard InChI is InChI=1S/C16H13FN2O4/c1-18-13(16(21)22)8-10-2-7-14(20)19(15(10)18)11-3-5-12(6-4-11)23-9-17/h2-8H,9H2,1H3,(H,21,22). The maximum Gasteiger partial charge on any atom is 0.352 e. The van der Waals surface area contributed by atoms with Crippen LogP contribution < -0.4 is 10.3 Å². The maximum absolute atomic E-state index is 12.3. The molecule has 0 atom stereocenters. The minimum absolute atomic E-state index is 0.0803. The topological polar surface area (TPSA) is 73.5 Å².